The maximum absolute atomic E-state index is 12.2. The number of benzene rings is 1. The van der Waals surface area contributed by atoms with Gasteiger partial charge in [0.2, 0.25) is 0 Å². The summed E-state index contributed by atoms with van der Waals surface area (Å²) in [4.78, 5) is 22.8. The zero-order valence-electron chi connectivity index (χ0n) is 13.3. The summed E-state index contributed by atoms with van der Waals surface area (Å²) in [6, 6.07) is 12.6. The van der Waals surface area contributed by atoms with Crippen LogP contribution in [0.2, 0.25) is 0 Å². The van der Waals surface area contributed by atoms with E-state index in [0.717, 1.165) is 0 Å². The van der Waals surface area contributed by atoms with E-state index in [9.17, 15) is 14.9 Å². The molecule has 0 saturated heterocycles. The van der Waals surface area contributed by atoms with Gasteiger partial charge in [-0.05, 0) is 42.5 Å². The van der Waals surface area contributed by atoms with Crippen molar-refractivity contribution in [3.8, 4) is 11.3 Å². The topological polar surface area (TPSA) is 111 Å². The number of para-hydroxylation sites is 1. The molecule has 0 unspecified atom stereocenters. The van der Waals surface area contributed by atoms with Crippen molar-refractivity contribution in [1.82, 2.24) is 10.6 Å². The number of carbonyl (C=O) groups is 1. The molecule has 2 aromatic heterocycles. The van der Waals surface area contributed by atoms with Crippen LogP contribution in [0.4, 0.5) is 5.69 Å². The Hall–Kier alpha value is -3.46. The van der Waals surface area contributed by atoms with Gasteiger partial charge in [0.25, 0.3) is 11.6 Å². The lowest BCUT2D eigenvalue weighted by Crippen LogP contribution is -2.38. The van der Waals surface area contributed by atoms with Gasteiger partial charge in [0.05, 0.1) is 23.3 Å². The van der Waals surface area contributed by atoms with Crippen LogP contribution in [0.15, 0.2) is 63.6 Å². The average Bonchev–Trinajstić information content (AvgIpc) is 3.31. The van der Waals surface area contributed by atoms with Gasteiger partial charge < -0.3 is 14.2 Å². The number of hydrogen-bond donors (Lipinski definition) is 2. The quantitative estimate of drug-likeness (QED) is 0.402. The predicted molar refractivity (Wildman–Crippen MR) is 96.4 cm³/mol. The minimum absolute atomic E-state index is 0.0136. The first-order valence-corrected chi connectivity index (χ1v) is 7.90. The van der Waals surface area contributed by atoms with E-state index in [1.165, 1.54) is 24.5 Å². The Labute approximate surface area is 153 Å². The number of nitrogens with zero attached hydrogens (tertiary/aromatic N) is 1. The van der Waals surface area contributed by atoms with E-state index >= 15 is 0 Å². The summed E-state index contributed by atoms with van der Waals surface area (Å²) in [7, 11) is 0. The highest BCUT2D eigenvalue weighted by Gasteiger charge is 2.19. The molecule has 26 heavy (non-hydrogen) atoms. The summed E-state index contributed by atoms with van der Waals surface area (Å²) < 4.78 is 10.6. The van der Waals surface area contributed by atoms with Gasteiger partial charge in [0.15, 0.2) is 10.9 Å². The van der Waals surface area contributed by atoms with Crippen molar-refractivity contribution >= 4 is 28.9 Å². The van der Waals surface area contributed by atoms with Gasteiger partial charge >= 0.3 is 0 Å². The third-order valence-electron chi connectivity index (χ3n) is 3.43. The molecule has 0 fully saturated rings. The molecule has 0 saturated carbocycles. The molecule has 2 N–H and O–H groups in total. The number of nitrogens with one attached hydrogen (secondary N) is 2. The van der Waals surface area contributed by atoms with Crippen LogP contribution in [-0.4, -0.2) is 15.9 Å². The van der Waals surface area contributed by atoms with Crippen LogP contribution in [-0.2, 0) is 6.54 Å². The Morgan fingerprint density at radius 3 is 2.69 bits per heavy atom. The first-order chi connectivity index (χ1) is 12.5. The van der Waals surface area contributed by atoms with E-state index in [0.29, 0.717) is 12.3 Å². The van der Waals surface area contributed by atoms with Crippen molar-refractivity contribution in [1.29, 1.82) is 0 Å². The molecule has 8 nitrogen and oxygen atoms in total. The molecule has 3 aromatic rings. The summed E-state index contributed by atoms with van der Waals surface area (Å²) in [6.45, 7) is 0.325. The number of thiocarbonyl (C=S) groups is 1. The van der Waals surface area contributed by atoms with Crippen LogP contribution in [0.1, 0.15) is 16.3 Å². The van der Waals surface area contributed by atoms with Gasteiger partial charge in [0.1, 0.15) is 11.5 Å². The van der Waals surface area contributed by atoms with Gasteiger partial charge in [-0.15, -0.1) is 0 Å². The van der Waals surface area contributed by atoms with Crippen molar-refractivity contribution < 1.29 is 18.6 Å². The summed E-state index contributed by atoms with van der Waals surface area (Å²) in [5.74, 6) is 0.308. The standard InChI is InChI=1S/C17H13N3O5S/c21-16(19-17(26)18-10-11-4-3-9-24-11)15-8-7-14(25-15)12-5-1-2-6-13(12)20(22)23/h1-9H,10H2,(H2,18,19,21,26). The molecule has 0 aliphatic rings. The maximum Gasteiger partial charge on any atom is 0.293 e. The van der Waals surface area contributed by atoms with E-state index in [-0.39, 0.29) is 27.9 Å². The average molecular weight is 371 g/mol. The molecule has 0 aliphatic heterocycles. The second-order valence-corrected chi connectivity index (χ2v) is 5.56. The molecule has 0 bridgehead atoms. The van der Waals surface area contributed by atoms with Crippen molar-refractivity contribution in [2.24, 2.45) is 0 Å². The molecule has 9 heteroatoms. The monoisotopic (exact) mass is 371 g/mol. The third kappa shape index (κ3) is 3.95. The molecule has 132 valence electrons. The number of carbonyl (C=O) groups excluding carboxylic acids is 1. The second-order valence-electron chi connectivity index (χ2n) is 5.15. The summed E-state index contributed by atoms with van der Waals surface area (Å²) in [5.41, 5.74) is 0.180. The fourth-order valence-corrected chi connectivity index (χ4v) is 2.40. The molecule has 2 heterocycles. The van der Waals surface area contributed by atoms with Crippen LogP contribution in [0.25, 0.3) is 11.3 Å². The van der Waals surface area contributed by atoms with Crippen LogP contribution in [0.3, 0.4) is 0 Å². The number of rotatable bonds is 5. The molecule has 0 spiro atoms. The summed E-state index contributed by atoms with van der Waals surface area (Å²) in [6.07, 6.45) is 1.53. The first kappa shape index (κ1) is 17.4. The largest absolute Gasteiger partial charge is 0.467 e. The lowest BCUT2D eigenvalue weighted by atomic mass is 10.1. The number of amides is 1. The minimum atomic E-state index is -0.563. The molecule has 1 aromatic carbocycles. The Bertz CT molecular complexity index is 949. The SMILES string of the molecule is O=C(NC(=S)NCc1ccco1)c1ccc(-c2ccccc2[N+](=O)[O-])o1. The van der Waals surface area contributed by atoms with Crippen molar-refractivity contribution in [3.63, 3.8) is 0 Å². The number of hydrogen-bond acceptors (Lipinski definition) is 6. The third-order valence-corrected chi connectivity index (χ3v) is 3.67. The molecule has 0 atom stereocenters. The Kier molecular flexibility index (Phi) is 5.09. The second kappa shape index (κ2) is 7.62. The number of nitro benzene ring substituents is 1. The lowest BCUT2D eigenvalue weighted by Gasteiger charge is -2.06. The van der Waals surface area contributed by atoms with E-state index in [4.69, 9.17) is 21.1 Å². The predicted octanol–water partition coefficient (Wildman–Crippen LogP) is 3.25. The van der Waals surface area contributed by atoms with E-state index in [1.807, 2.05) is 0 Å². The van der Waals surface area contributed by atoms with Crippen molar-refractivity contribution in [2.45, 2.75) is 6.54 Å². The molecule has 1 amide bonds. The summed E-state index contributed by atoms with van der Waals surface area (Å²) in [5, 5.41) is 16.5. The molecule has 0 aliphatic carbocycles. The van der Waals surface area contributed by atoms with Gasteiger partial charge in [-0.1, -0.05) is 12.1 Å². The minimum Gasteiger partial charge on any atom is -0.467 e. The van der Waals surface area contributed by atoms with Crippen LogP contribution in [0.5, 0.6) is 0 Å². The number of furan rings is 2. The highest BCUT2D eigenvalue weighted by Crippen LogP contribution is 2.30. The van der Waals surface area contributed by atoms with Gasteiger partial charge in [0, 0.05) is 6.07 Å². The Balaban J connectivity index is 1.67. The smallest absolute Gasteiger partial charge is 0.293 e. The van der Waals surface area contributed by atoms with E-state index in [2.05, 4.69) is 10.6 Å². The van der Waals surface area contributed by atoms with Gasteiger partial charge in [-0.25, -0.2) is 0 Å². The first-order valence-electron chi connectivity index (χ1n) is 7.50. The van der Waals surface area contributed by atoms with Crippen LogP contribution < -0.4 is 10.6 Å². The highest BCUT2D eigenvalue weighted by atomic mass is 32.1. The summed E-state index contributed by atoms with van der Waals surface area (Å²) >= 11 is 5.04. The fourth-order valence-electron chi connectivity index (χ4n) is 2.24. The van der Waals surface area contributed by atoms with Crippen molar-refractivity contribution in [3.05, 3.63) is 76.4 Å². The zero-order valence-corrected chi connectivity index (χ0v) is 14.1. The Morgan fingerprint density at radius 2 is 1.96 bits per heavy atom. The van der Waals surface area contributed by atoms with Crippen molar-refractivity contribution in [2.75, 3.05) is 0 Å². The molecule has 0 radical (unpaired) electrons. The lowest BCUT2D eigenvalue weighted by molar-refractivity contribution is -0.384. The Morgan fingerprint density at radius 1 is 1.15 bits per heavy atom. The van der Waals surface area contributed by atoms with Crippen LogP contribution >= 0.6 is 12.2 Å². The fraction of sp³-hybridized carbons (Fsp3) is 0.0588. The van der Waals surface area contributed by atoms with E-state index < -0.39 is 10.8 Å². The number of nitro groups is 1. The normalized spacial score (nSPS) is 10.3. The van der Waals surface area contributed by atoms with Gasteiger partial charge in [-0.3, -0.25) is 20.2 Å². The zero-order chi connectivity index (χ0) is 18.5. The van der Waals surface area contributed by atoms with Crippen LogP contribution in [0, 0.1) is 10.1 Å². The maximum atomic E-state index is 12.2. The molecular weight excluding hydrogens is 358 g/mol. The highest BCUT2D eigenvalue weighted by molar-refractivity contribution is 7.80. The molecular formula is C17H13N3O5S. The molecule has 3 rings (SSSR count). The van der Waals surface area contributed by atoms with Gasteiger partial charge in [-0.2, -0.15) is 0 Å². The van der Waals surface area contributed by atoms with E-state index in [1.54, 1.807) is 30.3 Å².